The minimum absolute atomic E-state index is 0.0460. The Hall–Kier alpha value is -0.810. The smallest absolute Gasteiger partial charge is 0.231 e. The van der Waals surface area contributed by atoms with Crippen molar-refractivity contribution in [2.45, 2.75) is 26.3 Å². The Morgan fingerprint density at radius 2 is 2.10 bits per heavy atom. The largest absolute Gasteiger partial charge is 0.379 e. The van der Waals surface area contributed by atoms with Gasteiger partial charge in [0.05, 0.1) is 29.8 Å². The zero-order chi connectivity index (χ0) is 15.4. The Morgan fingerprint density at radius 3 is 2.81 bits per heavy atom. The van der Waals surface area contributed by atoms with E-state index in [9.17, 15) is 4.79 Å². The van der Waals surface area contributed by atoms with E-state index in [-0.39, 0.29) is 17.9 Å². The summed E-state index contributed by atoms with van der Waals surface area (Å²) in [5.74, 6) is -0.310. The molecule has 2 rings (SSSR count). The van der Waals surface area contributed by atoms with Gasteiger partial charge >= 0.3 is 0 Å². The fourth-order valence-electron chi connectivity index (χ4n) is 2.31. The number of carbonyl (C=O) groups excluding carboxylic acids is 1. The molecule has 21 heavy (non-hydrogen) atoms. The van der Waals surface area contributed by atoms with Gasteiger partial charge in [0.1, 0.15) is 0 Å². The van der Waals surface area contributed by atoms with Crippen molar-refractivity contribution in [2.75, 3.05) is 25.1 Å². The zero-order valence-corrected chi connectivity index (χ0v) is 13.7. The average molecular weight is 331 g/mol. The maximum Gasteiger partial charge on any atom is 0.231 e. The highest BCUT2D eigenvalue weighted by Crippen LogP contribution is 2.29. The molecule has 2 atom stereocenters. The molecule has 1 aromatic carbocycles. The van der Waals surface area contributed by atoms with Gasteiger partial charge in [-0.3, -0.25) is 4.79 Å². The van der Waals surface area contributed by atoms with Gasteiger partial charge in [0.2, 0.25) is 5.91 Å². The predicted octanol–water partition coefficient (Wildman–Crippen LogP) is 3.25. The molecule has 1 saturated heterocycles. The Morgan fingerprint density at radius 1 is 1.33 bits per heavy atom. The molecule has 0 saturated carbocycles. The number of benzene rings is 1. The first-order valence-corrected chi connectivity index (χ1v) is 7.86. The quantitative estimate of drug-likeness (QED) is 0.871. The van der Waals surface area contributed by atoms with Crippen molar-refractivity contribution in [3.63, 3.8) is 0 Å². The number of hydrogen-bond donors (Lipinski definition) is 2. The molecule has 116 valence electrons. The summed E-state index contributed by atoms with van der Waals surface area (Å²) in [6.07, 6.45) is 1.02. The van der Waals surface area contributed by atoms with E-state index in [0.29, 0.717) is 28.9 Å². The molecular weight excluding hydrogens is 311 g/mol. The van der Waals surface area contributed by atoms with Crippen LogP contribution in [0.25, 0.3) is 0 Å². The minimum atomic E-state index is -0.215. The topological polar surface area (TPSA) is 50.4 Å². The van der Waals surface area contributed by atoms with Crippen LogP contribution in [0.4, 0.5) is 5.69 Å². The van der Waals surface area contributed by atoms with E-state index in [1.807, 2.05) is 6.92 Å². The van der Waals surface area contributed by atoms with E-state index >= 15 is 0 Å². The summed E-state index contributed by atoms with van der Waals surface area (Å²) in [5, 5.41) is 7.26. The minimum Gasteiger partial charge on any atom is -0.379 e. The van der Waals surface area contributed by atoms with Crippen LogP contribution in [0.15, 0.2) is 12.1 Å². The van der Waals surface area contributed by atoms with Crippen molar-refractivity contribution in [2.24, 2.45) is 5.92 Å². The maximum absolute atomic E-state index is 12.4. The molecule has 1 amide bonds. The van der Waals surface area contributed by atoms with Gasteiger partial charge in [-0.15, -0.1) is 0 Å². The second-order valence-electron chi connectivity index (χ2n) is 5.28. The van der Waals surface area contributed by atoms with Gasteiger partial charge in [-0.1, -0.05) is 30.1 Å². The molecule has 6 heteroatoms. The van der Waals surface area contributed by atoms with E-state index in [4.69, 9.17) is 27.9 Å². The van der Waals surface area contributed by atoms with Crippen LogP contribution < -0.4 is 10.6 Å². The average Bonchev–Trinajstić information content (AvgIpc) is 2.91. The summed E-state index contributed by atoms with van der Waals surface area (Å²) >= 11 is 12.2. The number of amides is 1. The van der Waals surface area contributed by atoms with Crippen molar-refractivity contribution in [1.82, 2.24) is 5.32 Å². The molecule has 2 N–H and O–H groups in total. The molecule has 1 aliphatic rings. The SMILES string of the molecule is CCCNC1COCC1C(=O)Nc1cc(Cl)c(C)cc1Cl. The summed E-state index contributed by atoms with van der Waals surface area (Å²) < 4.78 is 5.42. The Kier molecular flexibility index (Phi) is 5.88. The van der Waals surface area contributed by atoms with E-state index in [2.05, 4.69) is 17.6 Å². The zero-order valence-electron chi connectivity index (χ0n) is 12.2. The van der Waals surface area contributed by atoms with Crippen molar-refractivity contribution in [3.8, 4) is 0 Å². The Bertz CT molecular complexity index is 523. The van der Waals surface area contributed by atoms with Gasteiger partial charge in [-0.2, -0.15) is 0 Å². The molecule has 4 nitrogen and oxygen atoms in total. The highest BCUT2D eigenvalue weighted by atomic mass is 35.5. The molecule has 0 aliphatic carbocycles. The molecule has 1 heterocycles. The molecule has 1 aliphatic heterocycles. The van der Waals surface area contributed by atoms with Crippen LogP contribution in [0, 0.1) is 12.8 Å². The molecule has 0 bridgehead atoms. The first kappa shape index (κ1) is 16.6. The second kappa shape index (κ2) is 7.45. The van der Waals surface area contributed by atoms with Crippen LogP contribution in [0.1, 0.15) is 18.9 Å². The van der Waals surface area contributed by atoms with Crippen LogP contribution in [-0.4, -0.2) is 31.7 Å². The fourth-order valence-corrected chi connectivity index (χ4v) is 2.74. The third-order valence-corrected chi connectivity index (χ3v) is 4.30. The first-order chi connectivity index (χ1) is 10.0. The number of hydrogen-bond acceptors (Lipinski definition) is 3. The van der Waals surface area contributed by atoms with Crippen LogP contribution in [-0.2, 0) is 9.53 Å². The number of carbonyl (C=O) groups is 1. The summed E-state index contributed by atoms with van der Waals surface area (Å²) in [4.78, 5) is 12.4. The summed E-state index contributed by atoms with van der Waals surface area (Å²) in [6.45, 7) is 5.81. The van der Waals surface area contributed by atoms with Gasteiger partial charge in [-0.05, 0) is 37.6 Å². The van der Waals surface area contributed by atoms with Crippen LogP contribution in [0.3, 0.4) is 0 Å². The van der Waals surface area contributed by atoms with Crippen molar-refractivity contribution in [1.29, 1.82) is 0 Å². The number of nitrogens with one attached hydrogen (secondary N) is 2. The fraction of sp³-hybridized carbons (Fsp3) is 0.533. The van der Waals surface area contributed by atoms with Gasteiger partial charge in [0, 0.05) is 11.1 Å². The van der Waals surface area contributed by atoms with Crippen LogP contribution >= 0.6 is 23.2 Å². The van der Waals surface area contributed by atoms with Crippen LogP contribution in [0.2, 0.25) is 10.0 Å². The summed E-state index contributed by atoms with van der Waals surface area (Å²) in [5.41, 5.74) is 1.42. The van der Waals surface area contributed by atoms with E-state index in [0.717, 1.165) is 18.5 Å². The predicted molar refractivity (Wildman–Crippen MR) is 86.2 cm³/mol. The Balaban J connectivity index is 2.05. The third kappa shape index (κ3) is 4.10. The monoisotopic (exact) mass is 330 g/mol. The lowest BCUT2D eigenvalue weighted by Gasteiger charge is -2.19. The van der Waals surface area contributed by atoms with Crippen LogP contribution in [0.5, 0.6) is 0 Å². The number of halogens is 2. The maximum atomic E-state index is 12.4. The number of anilines is 1. The lowest BCUT2D eigenvalue weighted by atomic mass is 10.0. The normalized spacial score (nSPS) is 21.5. The summed E-state index contributed by atoms with van der Waals surface area (Å²) in [6, 6.07) is 3.48. The Labute approximate surface area is 135 Å². The highest BCUT2D eigenvalue weighted by Gasteiger charge is 2.33. The van der Waals surface area contributed by atoms with Crippen molar-refractivity contribution < 1.29 is 9.53 Å². The molecular formula is C15H20Cl2N2O2. The highest BCUT2D eigenvalue weighted by molar-refractivity contribution is 6.36. The lowest BCUT2D eigenvalue weighted by Crippen LogP contribution is -2.41. The first-order valence-electron chi connectivity index (χ1n) is 7.10. The summed E-state index contributed by atoms with van der Waals surface area (Å²) in [7, 11) is 0. The van der Waals surface area contributed by atoms with Crippen molar-refractivity contribution in [3.05, 3.63) is 27.7 Å². The second-order valence-corrected chi connectivity index (χ2v) is 6.09. The third-order valence-electron chi connectivity index (χ3n) is 3.58. The molecule has 0 aromatic heterocycles. The lowest BCUT2D eigenvalue weighted by molar-refractivity contribution is -0.120. The van der Waals surface area contributed by atoms with E-state index < -0.39 is 0 Å². The molecule has 1 aromatic rings. The van der Waals surface area contributed by atoms with Gasteiger partial charge in [-0.25, -0.2) is 0 Å². The van der Waals surface area contributed by atoms with E-state index in [1.165, 1.54) is 0 Å². The number of rotatable bonds is 5. The van der Waals surface area contributed by atoms with E-state index in [1.54, 1.807) is 12.1 Å². The standard InChI is InChI=1S/C15H20Cl2N2O2/c1-3-4-18-14-8-21-7-10(14)15(20)19-13-6-11(16)9(2)5-12(13)17/h5-6,10,14,18H,3-4,7-8H2,1-2H3,(H,19,20). The molecule has 1 fully saturated rings. The molecule has 2 unspecified atom stereocenters. The van der Waals surface area contributed by atoms with Gasteiger partial charge < -0.3 is 15.4 Å². The number of ether oxygens (including phenoxy) is 1. The molecule has 0 spiro atoms. The number of aryl methyl sites for hydroxylation is 1. The molecule has 0 radical (unpaired) electrons. The van der Waals surface area contributed by atoms with Gasteiger partial charge in [0.25, 0.3) is 0 Å². The van der Waals surface area contributed by atoms with Crippen molar-refractivity contribution >= 4 is 34.8 Å². The van der Waals surface area contributed by atoms with Gasteiger partial charge in [0.15, 0.2) is 0 Å².